The lowest BCUT2D eigenvalue weighted by molar-refractivity contribution is 0.101. The average Bonchev–Trinajstić information content (AvgIpc) is 3.18. The molecule has 0 saturated carbocycles. The van der Waals surface area contributed by atoms with Gasteiger partial charge in [0, 0.05) is 23.4 Å². The van der Waals surface area contributed by atoms with Gasteiger partial charge in [-0.3, -0.25) is 14.9 Å². The maximum absolute atomic E-state index is 12.8. The Balaban J connectivity index is 1.65. The highest BCUT2D eigenvalue weighted by Crippen LogP contribution is 2.38. The number of ether oxygens (including phenoxy) is 2. The second-order valence-corrected chi connectivity index (χ2v) is 7.36. The van der Waals surface area contributed by atoms with E-state index in [0.717, 1.165) is 15.8 Å². The molecule has 2 aromatic heterocycles. The monoisotopic (exact) mass is 385 g/mol. The highest BCUT2D eigenvalue weighted by atomic mass is 32.1. The first-order valence-corrected chi connectivity index (χ1v) is 9.53. The number of benzene rings is 1. The first-order chi connectivity index (χ1) is 13.0. The van der Waals surface area contributed by atoms with Crippen LogP contribution in [-0.2, 0) is 6.42 Å². The van der Waals surface area contributed by atoms with Crippen LogP contribution in [0.15, 0.2) is 12.1 Å². The van der Waals surface area contributed by atoms with Gasteiger partial charge in [-0.2, -0.15) is 0 Å². The number of thiazole rings is 1. The highest BCUT2D eigenvalue weighted by Gasteiger charge is 2.23. The Kier molecular flexibility index (Phi) is 4.35. The number of rotatable bonds is 4. The summed E-state index contributed by atoms with van der Waals surface area (Å²) in [5, 5.41) is 3.32. The number of nitrogens with zero attached hydrogens (tertiary/aromatic N) is 1. The fourth-order valence-electron chi connectivity index (χ4n) is 3.38. The Morgan fingerprint density at radius 2 is 1.96 bits per heavy atom. The van der Waals surface area contributed by atoms with Crippen LogP contribution >= 0.6 is 11.3 Å². The van der Waals surface area contributed by atoms with Crippen molar-refractivity contribution < 1.29 is 19.1 Å². The van der Waals surface area contributed by atoms with Crippen molar-refractivity contribution >= 4 is 38.4 Å². The van der Waals surface area contributed by atoms with Crippen molar-refractivity contribution in [2.75, 3.05) is 18.5 Å². The first-order valence-electron chi connectivity index (χ1n) is 8.71. The zero-order chi connectivity index (χ0) is 19.1. The molecule has 0 atom stereocenters. The summed E-state index contributed by atoms with van der Waals surface area (Å²) in [6, 6.07) is 3.70. The number of carbonyl (C=O) groups excluding carboxylic acids is 2. The topological polar surface area (TPSA) is 93.3 Å². The van der Waals surface area contributed by atoms with Gasteiger partial charge < -0.3 is 14.5 Å². The number of aryl methyl sites for hydroxylation is 1. The Bertz CT molecular complexity index is 1020. The molecule has 3 aromatic rings. The summed E-state index contributed by atoms with van der Waals surface area (Å²) in [5.41, 5.74) is 3.17. The minimum absolute atomic E-state index is 0.0507. The van der Waals surface area contributed by atoms with Crippen molar-refractivity contribution in [3.63, 3.8) is 0 Å². The van der Waals surface area contributed by atoms with Gasteiger partial charge in [-0.15, -0.1) is 0 Å². The van der Waals surface area contributed by atoms with Crippen LogP contribution in [0.1, 0.15) is 46.0 Å². The minimum Gasteiger partial charge on any atom is -0.486 e. The molecular formula is C19H19N3O4S. The molecule has 0 unspecified atom stereocenters. The number of hydrogen-bond acceptors (Lipinski definition) is 6. The fraction of sp³-hybridized carbons (Fsp3) is 0.316. The number of carbonyl (C=O) groups is 2. The van der Waals surface area contributed by atoms with Crippen LogP contribution in [0.5, 0.6) is 11.5 Å². The molecule has 2 N–H and O–H groups in total. The van der Waals surface area contributed by atoms with E-state index in [9.17, 15) is 9.59 Å². The predicted molar refractivity (Wildman–Crippen MR) is 103 cm³/mol. The van der Waals surface area contributed by atoms with E-state index in [1.807, 2.05) is 19.1 Å². The fourth-order valence-corrected chi connectivity index (χ4v) is 4.25. The molecule has 3 heterocycles. The molecule has 27 heavy (non-hydrogen) atoms. The van der Waals surface area contributed by atoms with Gasteiger partial charge in [0.05, 0.1) is 10.2 Å². The van der Waals surface area contributed by atoms with Crippen molar-refractivity contribution in [3.05, 3.63) is 34.6 Å². The molecular weight excluding hydrogens is 366 g/mol. The second kappa shape index (κ2) is 6.70. The number of H-pyrrole nitrogens is 1. The van der Waals surface area contributed by atoms with Crippen LogP contribution in [0, 0.1) is 6.92 Å². The Morgan fingerprint density at radius 3 is 2.63 bits per heavy atom. The number of aromatic amines is 1. The molecule has 1 aromatic carbocycles. The third-order valence-electron chi connectivity index (χ3n) is 4.50. The largest absolute Gasteiger partial charge is 0.486 e. The summed E-state index contributed by atoms with van der Waals surface area (Å²) >= 11 is 1.36. The smallest absolute Gasteiger partial charge is 0.274 e. The molecule has 7 nitrogen and oxygen atoms in total. The van der Waals surface area contributed by atoms with Gasteiger partial charge in [0.1, 0.15) is 18.9 Å². The van der Waals surface area contributed by atoms with Crippen LogP contribution in [-0.4, -0.2) is 34.9 Å². The molecule has 8 heteroatoms. The summed E-state index contributed by atoms with van der Waals surface area (Å²) < 4.78 is 12.1. The Hall–Kier alpha value is -2.87. The molecule has 4 rings (SSSR count). The van der Waals surface area contributed by atoms with Crippen molar-refractivity contribution in [1.29, 1.82) is 0 Å². The van der Waals surface area contributed by atoms with E-state index in [4.69, 9.17) is 9.47 Å². The predicted octanol–water partition coefficient (Wildman–Crippen LogP) is 3.72. The molecule has 0 spiro atoms. The van der Waals surface area contributed by atoms with Crippen molar-refractivity contribution in [3.8, 4) is 11.5 Å². The summed E-state index contributed by atoms with van der Waals surface area (Å²) in [4.78, 5) is 32.2. The Morgan fingerprint density at radius 1 is 1.26 bits per heavy atom. The molecule has 0 aliphatic carbocycles. The van der Waals surface area contributed by atoms with Crippen LogP contribution in [0.2, 0.25) is 0 Å². The second-order valence-electron chi connectivity index (χ2n) is 6.33. The average molecular weight is 385 g/mol. The third kappa shape index (κ3) is 3.06. The van der Waals surface area contributed by atoms with E-state index >= 15 is 0 Å². The third-order valence-corrected chi connectivity index (χ3v) is 5.43. The molecule has 140 valence electrons. The zero-order valence-corrected chi connectivity index (χ0v) is 16.1. The van der Waals surface area contributed by atoms with Crippen molar-refractivity contribution in [2.24, 2.45) is 0 Å². The van der Waals surface area contributed by atoms with E-state index in [1.54, 1.807) is 6.92 Å². The SMILES string of the molecule is CCc1c(C(=O)Nc2nc3cc4c(cc3s2)OCCO4)[nH]c(C)c1C(C)=O. The number of anilines is 1. The molecule has 0 bridgehead atoms. The molecule has 1 amide bonds. The van der Waals surface area contributed by atoms with Gasteiger partial charge >= 0.3 is 0 Å². The van der Waals surface area contributed by atoms with Crippen LogP contribution < -0.4 is 14.8 Å². The number of amides is 1. The summed E-state index contributed by atoms with van der Waals surface area (Å²) in [7, 11) is 0. The van der Waals surface area contributed by atoms with Gasteiger partial charge in [0.15, 0.2) is 22.4 Å². The molecule has 0 radical (unpaired) electrons. The van der Waals surface area contributed by atoms with Crippen molar-refractivity contribution in [2.45, 2.75) is 27.2 Å². The van der Waals surface area contributed by atoms with Gasteiger partial charge in [0.2, 0.25) is 0 Å². The van der Waals surface area contributed by atoms with Crippen molar-refractivity contribution in [1.82, 2.24) is 9.97 Å². The lowest BCUT2D eigenvalue weighted by Crippen LogP contribution is -2.15. The quantitative estimate of drug-likeness (QED) is 0.668. The lowest BCUT2D eigenvalue weighted by atomic mass is 10.0. The van der Waals surface area contributed by atoms with Gasteiger partial charge in [-0.05, 0) is 25.8 Å². The highest BCUT2D eigenvalue weighted by molar-refractivity contribution is 7.22. The van der Waals surface area contributed by atoms with Crippen LogP contribution in [0.25, 0.3) is 10.2 Å². The lowest BCUT2D eigenvalue weighted by Gasteiger charge is -2.17. The number of nitrogens with one attached hydrogen (secondary N) is 2. The zero-order valence-electron chi connectivity index (χ0n) is 15.3. The van der Waals surface area contributed by atoms with Crippen LogP contribution in [0.4, 0.5) is 5.13 Å². The van der Waals surface area contributed by atoms with E-state index in [0.29, 0.717) is 53.2 Å². The van der Waals surface area contributed by atoms with E-state index in [-0.39, 0.29) is 11.7 Å². The Labute approximate surface area is 159 Å². The normalized spacial score (nSPS) is 13.0. The number of fused-ring (bicyclic) bond motifs is 2. The molecule has 0 fully saturated rings. The minimum atomic E-state index is -0.307. The molecule has 1 aliphatic rings. The van der Waals surface area contributed by atoms with E-state index < -0.39 is 0 Å². The van der Waals surface area contributed by atoms with E-state index in [2.05, 4.69) is 15.3 Å². The summed E-state index contributed by atoms with van der Waals surface area (Å²) in [6.45, 7) is 6.27. The van der Waals surface area contributed by atoms with Gasteiger partial charge in [0.25, 0.3) is 5.91 Å². The summed E-state index contributed by atoms with van der Waals surface area (Å²) in [6.07, 6.45) is 0.587. The van der Waals surface area contributed by atoms with Gasteiger partial charge in [-0.1, -0.05) is 18.3 Å². The van der Waals surface area contributed by atoms with E-state index in [1.165, 1.54) is 18.3 Å². The molecule has 1 aliphatic heterocycles. The summed E-state index contributed by atoms with van der Waals surface area (Å²) in [5.74, 6) is 0.995. The number of ketones is 1. The first kappa shape index (κ1) is 17.5. The maximum atomic E-state index is 12.8. The number of hydrogen-bond donors (Lipinski definition) is 2. The number of Topliss-reactive ketones (excluding diaryl/α,β-unsaturated/α-hetero) is 1. The number of aromatic nitrogens is 2. The maximum Gasteiger partial charge on any atom is 0.274 e. The van der Waals surface area contributed by atoms with Crippen LogP contribution in [0.3, 0.4) is 0 Å². The van der Waals surface area contributed by atoms with Gasteiger partial charge in [-0.25, -0.2) is 4.98 Å². The molecule has 0 saturated heterocycles. The standard InChI is InChI=1S/C19H19N3O4S/c1-4-11-16(10(3)23)9(2)20-17(11)18(24)22-19-21-12-7-13-14(8-15(12)27-19)26-6-5-25-13/h7-8,20H,4-6H2,1-3H3,(H,21,22,24).